The molecule has 10 nitrogen and oxygen atoms in total. The van der Waals surface area contributed by atoms with Gasteiger partial charge >= 0.3 is 6.09 Å². The van der Waals surface area contributed by atoms with Crippen LogP contribution in [0.25, 0.3) is 0 Å². The first-order chi connectivity index (χ1) is 17.0. The van der Waals surface area contributed by atoms with Gasteiger partial charge in [0.1, 0.15) is 15.9 Å². The number of hydrogen-bond donors (Lipinski definition) is 0. The van der Waals surface area contributed by atoms with Crippen LogP contribution in [-0.4, -0.2) is 83.5 Å². The predicted octanol–water partition coefficient (Wildman–Crippen LogP) is 3.40. The van der Waals surface area contributed by atoms with Crippen LogP contribution >= 0.6 is 0 Å². The van der Waals surface area contributed by atoms with Crippen LogP contribution < -0.4 is 0 Å². The van der Waals surface area contributed by atoms with Crippen molar-refractivity contribution in [1.82, 2.24) is 9.80 Å². The third kappa shape index (κ3) is 5.81. The second kappa shape index (κ2) is 10.8. The molecule has 3 aliphatic carbocycles. The monoisotopic (exact) mass is 527 g/mol. The van der Waals surface area contributed by atoms with Gasteiger partial charge in [0.15, 0.2) is 0 Å². The molecule has 0 aromatic rings. The highest BCUT2D eigenvalue weighted by Crippen LogP contribution is 2.43. The molecule has 2 amide bonds. The highest BCUT2D eigenvalue weighted by Gasteiger charge is 2.48. The first-order valence-electron chi connectivity index (χ1n) is 13.5. The lowest BCUT2D eigenvalue weighted by Gasteiger charge is -2.54. The summed E-state index contributed by atoms with van der Waals surface area (Å²) in [5, 5.41) is 10.8. The Morgan fingerprint density at radius 3 is 2.08 bits per heavy atom. The number of sulfone groups is 1. The molecule has 204 valence electrons. The van der Waals surface area contributed by atoms with E-state index in [0.717, 1.165) is 32.1 Å². The fraction of sp³-hybridized carbons (Fsp3) is 0.920. The number of rotatable bonds is 4. The van der Waals surface area contributed by atoms with Gasteiger partial charge in [-0.05, 0) is 76.5 Å². The Hall–Kier alpha value is -1.91. The van der Waals surface area contributed by atoms with E-state index < -0.39 is 15.9 Å². The molecular formula is C25H41N3O7S. The largest absolute Gasteiger partial charge is 0.446 e. The first kappa shape index (κ1) is 27.1. The zero-order chi connectivity index (χ0) is 26.2. The van der Waals surface area contributed by atoms with Crippen LogP contribution in [0.1, 0.15) is 84.5 Å². The number of ether oxygens (including phenoxy) is 1. The molecule has 0 N–H and O–H groups in total. The highest BCUT2D eigenvalue weighted by molar-refractivity contribution is 7.91. The molecule has 36 heavy (non-hydrogen) atoms. The van der Waals surface area contributed by atoms with Crippen LogP contribution in [0, 0.1) is 22.0 Å². The lowest BCUT2D eigenvalue weighted by Crippen LogP contribution is -2.67. The molecular weight excluding hydrogens is 486 g/mol. The minimum Gasteiger partial charge on any atom is -0.446 e. The van der Waals surface area contributed by atoms with Crippen molar-refractivity contribution in [3.63, 3.8) is 0 Å². The average Bonchev–Trinajstić information content (AvgIpc) is 2.82. The molecule has 0 aromatic heterocycles. The molecule has 0 spiro atoms. The van der Waals surface area contributed by atoms with Crippen LogP contribution in [0.4, 0.5) is 4.79 Å². The number of hydrogen-bond acceptors (Lipinski definition) is 7. The molecule has 1 saturated heterocycles. The van der Waals surface area contributed by atoms with Gasteiger partial charge in [-0.1, -0.05) is 0 Å². The predicted molar refractivity (Wildman–Crippen MR) is 134 cm³/mol. The summed E-state index contributed by atoms with van der Waals surface area (Å²) in [4.78, 5) is 40.5. The fourth-order valence-corrected chi connectivity index (χ4v) is 8.54. The molecule has 4 fully saturated rings. The van der Waals surface area contributed by atoms with Crippen LogP contribution in [0.2, 0.25) is 0 Å². The summed E-state index contributed by atoms with van der Waals surface area (Å²) in [6, 6.07) is -0.838. The number of nitrogens with zero attached hydrogens (tertiary/aromatic N) is 3. The Morgan fingerprint density at radius 2 is 1.53 bits per heavy atom. The summed E-state index contributed by atoms with van der Waals surface area (Å²) in [7, 11) is -3.02. The van der Waals surface area contributed by atoms with Crippen molar-refractivity contribution in [1.29, 1.82) is 0 Å². The van der Waals surface area contributed by atoms with Crippen molar-refractivity contribution < 1.29 is 27.7 Å². The number of carbonyl (C=O) groups is 2. The maximum Gasteiger partial charge on any atom is 0.410 e. The number of amides is 2. The van der Waals surface area contributed by atoms with E-state index >= 15 is 0 Å². The lowest BCUT2D eigenvalue weighted by atomic mass is 9.69. The molecule has 0 radical (unpaired) electrons. The number of carbonyl (C=O) groups excluding carboxylic acids is 2. The standard InChI is InChI=1S/C25H41N3O7S/c1-16-15-26(25(30)35-21-9-7-20(8-10-21)28(31)32)24-14-19(6-13-23(24)27(16)17(2)29)18-4-11-22(12-5-18)36(3,33)34/h16,18-24H,4-15H2,1-3H3/t16-,18?,19?,20?,21?,22?,23?,24?/m0/s1. The Labute approximate surface area is 214 Å². The zero-order valence-electron chi connectivity index (χ0n) is 21.7. The van der Waals surface area contributed by atoms with Crippen molar-refractivity contribution in [3.8, 4) is 0 Å². The molecule has 0 bridgehead atoms. The molecule has 1 aliphatic heterocycles. The van der Waals surface area contributed by atoms with Crippen molar-refractivity contribution in [2.45, 2.75) is 120 Å². The minimum absolute atomic E-state index is 0.0238. The average molecular weight is 528 g/mol. The Kier molecular flexibility index (Phi) is 8.16. The van der Waals surface area contributed by atoms with Crippen LogP contribution in [0.3, 0.4) is 0 Å². The van der Waals surface area contributed by atoms with Gasteiger partial charge in [0.05, 0.1) is 17.3 Å². The molecule has 3 unspecified atom stereocenters. The second-order valence-corrected chi connectivity index (χ2v) is 13.9. The van der Waals surface area contributed by atoms with Gasteiger partial charge in [0.2, 0.25) is 11.9 Å². The smallest absolute Gasteiger partial charge is 0.410 e. The first-order valence-corrected chi connectivity index (χ1v) is 15.5. The van der Waals surface area contributed by atoms with Gasteiger partial charge in [0, 0.05) is 43.5 Å². The lowest BCUT2D eigenvalue weighted by molar-refractivity contribution is -0.527. The van der Waals surface area contributed by atoms with Crippen LogP contribution in [0.15, 0.2) is 0 Å². The summed E-state index contributed by atoms with van der Waals surface area (Å²) in [5.74, 6) is 0.847. The Morgan fingerprint density at radius 1 is 0.917 bits per heavy atom. The van der Waals surface area contributed by atoms with E-state index in [4.69, 9.17) is 4.74 Å². The van der Waals surface area contributed by atoms with Crippen molar-refractivity contribution in [3.05, 3.63) is 10.1 Å². The van der Waals surface area contributed by atoms with Gasteiger partial charge < -0.3 is 14.5 Å². The van der Waals surface area contributed by atoms with Gasteiger partial charge in [-0.25, -0.2) is 13.2 Å². The number of fused-ring (bicyclic) bond motifs is 1. The van der Waals surface area contributed by atoms with Crippen molar-refractivity contribution in [2.75, 3.05) is 12.8 Å². The Bertz CT molecular complexity index is 941. The van der Waals surface area contributed by atoms with E-state index in [2.05, 4.69) is 0 Å². The SMILES string of the molecule is CC(=O)N1C2CCC(C3CCC(S(C)(=O)=O)CC3)CC2N(C(=O)OC2CCC([N+](=O)[O-])CC2)C[C@@H]1C. The second-order valence-electron chi connectivity index (χ2n) is 11.6. The van der Waals surface area contributed by atoms with Crippen LogP contribution in [0.5, 0.6) is 0 Å². The van der Waals surface area contributed by atoms with E-state index in [1.54, 1.807) is 6.92 Å². The molecule has 1 heterocycles. The normalized spacial score (nSPS) is 37.6. The molecule has 4 rings (SSSR count). The summed E-state index contributed by atoms with van der Waals surface area (Å²) < 4.78 is 29.9. The van der Waals surface area contributed by atoms with Crippen LogP contribution in [-0.2, 0) is 19.4 Å². The van der Waals surface area contributed by atoms with E-state index in [1.165, 1.54) is 6.26 Å². The molecule has 4 aliphatic rings. The zero-order valence-corrected chi connectivity index (χ0v) is 22.5. The third-order valence-corrected chi connectivity index (χ3v) is 11.0. The Balaban J connectivity index is 1.44. The topological polar surface area (TPSA) is 127 Å². The molecule has 11 heteroatoms. The number of piperazine rings is 1. The summed E-state index contributed by atoms with van der Waals surface area (Å²) in [6.45, 7) is 3.98. The number of nitro groups is 1. The van der Waals surface area contributed by atoms with Gasteiger partial charge in [0.25, 0.3) is 0 Å². The van der Waals surface area contributed by atoms with Gasteiger partial charge in [-0.3, -0.25) is 14.9 Å². The van der Waals surface area contributed by atoms with Crippen molar-refractivity contribution >= 4 is 21.8 Å². The summed E-state index contributed by atoms with van der Waals surface area (Å²) in [5.41, 5.74) is 0. The third-order valence-electron chi connectivity index (χ3n) is 9.31. The van der Waals surface area contributed by atoms with Gasteiger partial charge in [-0.2, -0.15) is 0 Å². The fourth-order valence-electron chi connectivity index (χ4n) is 7.41. The molecule has 4 atom stereocenters. The molecule has 3 saturated carbocycles. The molecule has 0 aromatic carbocycles. The van der Waals surface area contributed by atoms with E-state index in [0.29, 0.717) is 56.9 Å². The van der Waals surface area contributed by atoms with Gasteiger partial charge in [-0.15, -0.1) is 0 Å². The van der Waals surface area contributed by atoms with E-state index in [9.17, 15) is 28.1 Å². The van der Waals surface area contributed by atoms with Crippen molar-refractivity contribution in [2.24, 2.45) is 11.8 Å². The maximum atomic E-state index is 13.4. The maximum absolute atomic E-state index is 13.4. The highest BCUT2D eigenvalue weighted by atomic mass is 32.2. The summed E-state index contributed by atoms with van der Waals surface area (Å²) >= 11 is 0. The summed E-state index contributed by atoms with van der Waals surface area (Å²) in [6.07, 6.45) is 8.25. The van der Waals surface area contributed by atoms with E-state index in [1.807, 2.05) is 16.7 Å². The minimum atomic E-state index is -3.02. The van der Waals surface area contributed by atoms with E-state index in [-0.39, 0.29) is 46.4 Å². The quantitative estimate of drug-likeness (QED) is 0.405.